The quantitative estimate of drug-likeness (QED) is 0.473. The van der Waals surface area contributed by atoms with E-state index >= 15 is 0 Å². The van der Waals surface area contributed by atoms with E-state index in [-0.39, 0.29) is 11.6 Å². The van der Waals surface area contributed by atoms with Crippen molar-refractivity contribution in [1.29, 1.82) is 0 Å². The molecule has 6 nitrogen and oxygen atoms in total. The van der Waals surface area contributed by atoms with Gasteiger partial charge in [0.15, 0.2) is 0 Å². The van der Waals surface area contributed by atoms with Crippen LogP contribution in [0, 0.1) is 10.1 Å². The van der Waals surface area contributed by atoms with Gasteiger partial charge in [0.25, 0.3) is 5.69 Å². The molecule has 2 rings (SSSR count). The predicted molar refractivity (Wildman–Crippen MR) is 93.0 cm³/mol. The van der Waals surface area contributed by atoms with Crippen LogP contribution in [-0.2, 0) is 4.79 Å². The maximum absolute atomic E-state index is 12.0. The van der Waals surface area contributed by atoms with Crippen molar-refractivity contribution >= 4 is 23.4 Å². The Labute approximate surface area is 139 Å². The Kier molecular flexibility index (Phi) is 6.08. The number of amides is 1. The molecule has 0 aliphatic rings. The summed E-state index contributed by atoms with van der Waals surface area (Å²) in [5, 5.41) is 13.5. The number of nitro benzene ring substituents is 1. The molecular weight excluding hydrogens is 308 g/mol. The average molecular weight is 326 g/mol. The van der Waals surface area contributed by atoms with E-state index in [1.54, 1.807) is 30.3 Å². The van der Waals surface area contributed by atoms with Crippen molar-refractivity contribution in [2.45, 2.75) is 13.3 Å². The van der Waals surface area contributed by atoms with Crippen LogP contribution in [0.5, 0.6) is 5.75 Å². The first-order valence-electron chi connectivity index (χ1n) is 7.55. The maximum Gasteiger partial charge on any atom is 0.270 e. The number of hydrogen-bond acceptors (Lipinski definition) is 4. The number of hydrogen-bond donors (Lipinski definition) is 1. The standard InChI is InChI=1S/C18H18N2O4/c1-2-12-24-17-9-4-3-8-16(17)19-18(21)11-10-14-6-5-7-15(13-14)20(22)23/h3-11,13H,2,12H2,1H3,(H,19,21)/b11-10+. The molecule has 1 amide bonds. The van der Waals surface area contributed by atoms with Crippen molar-refractivity contribution in [3.63, 3.8) is 0 Å². The number of nitrogens with one attached hydrogen (secondary N) is 1. The van der Waals surface area contributed by atoms with Crippen LogP contribution in [0.1, 0.15) is 18.9 Å². The molecule has 6 heteroatoms. The average Bonchev–Trinajstić information content (AvgIpc) is 2.59. The number of nitrogens with zero attached hydrogens (tertiary/aromatic N) is 1. The van der Waals surface area contributed by atoms with E-state index in [0.29, 0.717) is 23.6 Å². The highest BCUT2D eigenvalue weighted by molar-refractivity contribution is 6.02. The number of rotatable bonds is 7. The van der Waals surface area contributed by atoms with Crippen LogP contribution in [0.15, 0.2) is 54.6 Å². The second kappa shape index (κ2) is 8.47. The lowest BCUT2D eigenvalue weighted by Gasteiger charge is -2.10. The second-order valence-electron chi connectivity index (χ2n) is 5.02. The fourth-order valence-corrected chi connectivity index (χ4v) is 2.00. The Morgan fingerprint density at radius 2 is 2.04 bits per heavy atom. The Bertz CT molecular complexity index is 756. The van der Waals surface area contributed by atoms with Crippen molar-refractivity contribution in [3.8, 4) is 5.75 Å². The molecule has 0 fully saturated rings. The third-order valence-electron chi connectivity index (χ3n) is 3.11. The minimum absolute atomic E-state index is 0.0177. The molecule has 0 aliphatic heterocycles. The number of carbonyl (C=O) groups excluding carboxylic acids is 1. The summed E-state index contributed by atoms with van der Waals surface area (Å²) in [6, 6.07) is 13.2. The van der Waals surface area contributed by atoms with E-state index in [0.717, 1.165) is 6.42 Å². The summed E-state index contributed by atoms with van der Waals surface area (Å²) in [6.07, 6.45) is 3.72. The number of para-hydroxylation sites is 2. The number of carbonyl (C=O) groups is 1. The molecule has 2 aromatic rings. The first-order chi connectivity index (χ1) is 11.6. The highest BCUT2D eigenvalue weighted by Gasteiger charge is 2.06. The number of nitro groups is 1. The zero-order chi connectivity index (χ0) is 17.4. The smallest absolute Gasteiger partial charge is 0.270 e. The first-order valence-corrected chi connectivity index (χ1v) is 7.55. The molecule has 0 unspecified atom stereocenters. The molecule has 0 aromatic heterocycles. The Morgan fingerprint density at radius 1 is 1.25 bits per heavy atom. The maximum atomic E-state index is 12.0. The molecule has 0 saturated heterocycles. The number of anilines is 1. The molecule has 0 radical (unpaired) electrons. The van der Waals surface area contributed by atoms with E-state index in [1.165, 1.54) is 24.3 Å². The number of non-ortho nitro benzene ring substituents is 1. The summed E-state index contributed by atoms with van der Waals surface area (Å²) in [4.78, 5) is 22.3. The minimum Gasteiger partial charge on any atom is -0.491 e. The van der Waals surface area contributed by atoms with Crippen LogP contribution in [0.25, 0.3) is 6.08 Å². The zero-order valence-electron chi connectivity index (χ0n) is 13.3. The van der Waals surface area contributed by atoms with Crippen molar-refractivity contribution in [3.05, 3.63) is 70.3 Å². The van der Waals surface area contributed by atoms with Gasteiger partial charge in [0.05, 0.1) is 17.2 Å². The lowest BCUT2D eigenvalue weighted by molar-refractivity contribution is -0.384. The lowest BCUT2D eigenvalue weighted by Crippen LogP contribution is -2.09. The summed E-state index contributed by atoms with van der Waals surface area (Å²) in [5.41, 5.74) is 1.14. The molecule has 1 N–H and O–H groups in total. The van der Waals surface area contributed by atoms with Crippen LogP contribution in [0.2, 0.25) is 0 Å². The van der Waals surface area contributed by atoms with E-state index < -0.39 is 4.92 Å². The second-order valence-corrected chi connectivity index (χ2v) is 5.02. The molecule has 0 saturated carbocycles. The summed E-state index contributed by atoms with van der Waals surface area (Å²) in [5.74, 6) is 0.269. The third kappa shape index (κ3) is 4.95. The fourth-order valence-electron chi connectivity index (χ4n) is 2.00. The van der Waals surface area contributed by atoms with Crippen LogP contribution in [0.3, 0.4) is 0 Å². The van der Waals surface area contributed by atoms with Crippen molar-refractivity contribution in [2.75, 3.05) is 11.9 Å². The van der Waals surface area contributed by atoms with Gasteiger partial charge in [-0.1, -0.05) is 31.2 Å². The molecular formula is C18H18N2O4. The van der Waals surface area contributed by atoms with Gasteiger partial charge in [-0.3, -0.25) is 14.9 Å². The van der Waals surface area contributed by atoms with E-state index in [4.69, 9.17) is 4.74 Å². The Hall–Kier alpha value is -3.15. The van der Waals surface area contributed by atoms with Crippen molar-refractivity contribution < 1.29 is 14.5 Å². The van der Waals surface area contributed by atoms with Crippen LogP contribution >= 0.6 is 0 Å². The summed E-state index contributed by atoms with van der Waals surface area (Å²) in [7, 11) is 0. The molecule has 0 heterocycles. The normalized spacial score (nSPS) is 10.5. The number of benzene rings is 2. The molecule has 124 valence electrons. The lowest BCUT2D eigenvalue weighted by atomic mass is 10.2. The van der Waals surface area contributed by atoms with Gasteiger partial charge in [0, 0.05) is 18.2 Å². The van der Waals surface area contributed by atoms with Gasteiger partial charge in [-0.2, -0.15) is 0 Å². The Balaban J connectivity index is 2.05. The largest absolute Gasteiger partial charge is 0.491 e. The summed E-state index contributed by atoms with van der Waals surface area (Å²) in [6.45, 7) is 2.57. The van der Waals surface area contributed by atoms with Crippen molar-refractivity contribution in [1.82, 2.24) is 0 Å². The van der Waals surface area contributed by atoms with Gasteiger partial charge >= 0.3 is 0 Å². The van der Waals surface area contributed by atoms with Gasteiger partial charge in [-0.25, -0.2) is 0 Å². The molecule has 0 spiro atoms. The highest BCUT2D eigenvalue weighted by Crippen LogP contribution is 2.24. The van der Waals surface area contributed by atoms with E-state index in [2.05, 4.69) is 5.32 Å². The van der Waals surface area contributed by atoms with Gasteiger partial charge in [0.2, 0.25) is 5.91 Å². The van der Waals surface area contributed by atoms with Gasteiger partial charge in [-0.05, 0) is 30.2 Å². The van der Waals surface area contributed by atoms with Crippen LogP contribution in [0.4, 0.5) is 11.4 Å². The summed E-state index contributed by atoms with van der Waals surface area (Å²) < 4.78 is 5.58. The fraction of sp³-hybridized carbons (Fsp3) is 0.167. The topological polar surface area (TPSA) is 81.5 Å². The van der Waals surface area contributed by atoms with Gasteiger partial charge in [-0.15, -0.1) is 0 Å². The van der Waals surface area contributed by atoms with E-state index in [1.807, 2.05) is 13.0 Å². The highest BCUT2D eigenvalue weighted by atomic mass is 16.6. The first kappa shape index (κ1) is 17.2. The SMILES string of the molecule is CCCOc1ccccc1NC(=O)/C=C/c1cccc([N+](=O)[O-])c1. The molecule has 24 heavy (non-hydrogen) atoms. The molecule has 2 aromatic carbocycles. The predicted octanol–water partition coefficient (Wildman–Crippen LogP) is 4.04. The zero-order valence-corrected chi connectivity index (χ0v) is 13.3. The van der Waals surface area contributed by atoms with Crippen LogP contribution < -0.4 is 10.1 Å². The van der Waals surface area contributed by atoms with Crippen molar-refractivity contribution in [2.24, 2.45) is 0 Å². The monoisotopic (exact) mass is 326 g/mol. The van der Waals surface area contributed by atoms with Gasteiger partial charge in [0.1, 0.15) is 5.75 Å². The number of ether oxygens (including phenoxy) is 1. The minimum atomic E-state index is -0.473. The molecule has 0 aliphatic carbocycles. The van der Waals surface area contributed by atoms with Gasteiger partial charge < -0.3 is 10.1 Å². The van der Waals surface area contributed by atoms with Crippen LogP contribution in [-0.4, -0.2) is 17.4 Å². The molecule has 0 atom stereocenters. The molecule has 0 bridgehead atoms. The Morgan fingerprint density at radius 3 is 2.79 bits per heavy atom. The summed E-state index contributed by atoms with van der Waals surface area (Å²) >= 11 is 0. The third-order valence-corrected chi connectivity index (χ3v) is 3.11. The van der Waals surface area contributed by atoms with E-state index in [9.17, 15) is 14.9 Å².